The first-order chi connectivity index (χ1) is 16.3. The lowest BCUT2D eigenvalue weighted by molar-refractivity contribution is -0.149. The molecule has 35 heavy (non-hydrogen) atoms. The SMILES string of the molecule is CCC(C)(C)N(C(=O)C(C)NC(=O)OC(C)(C)C)C(C(=O)NC1CCCCC1)c1ccccc1O. The van der Waals surface area contributed by atoms with Gasteiger partial charge in [-0.3, -0.25) is 9.59 Å². The largest absolute Gasteiger partial charge is 0.508 e. The maximum Gasteiger partial charge on any atom is 0.408 e. The van der Waals surface area contributed by atoms with E-state index >= 15 is 0 Å². The molecular formula is C27H43N3O5. The number of ether oxygens (including phenoxy) is 1. The van der Waals surface area contributed by atoms with Crippen molar-refractivity contribution in [3.8, 4) is 5.75 Å². The molecule has 1 saturated carbocycles. The van der Waals surface area contributed by atoms with Crippen molar-refractivity contribution >= 4 is 17.9 Å². The number of hydrogen-bond donors (Lipinski definition) is 3. The number of amides is 3. The van der Waals surface area contributed by atoms with E-state index in [2.05, 4.69) is 10.6 Å². The summed E-state index contributed by atoms with van der Waals surface area (Å²) in [6.45, 7) is 12.5. The second kappa shape index (κ2) is 11.8. The summed E-state index contributed by atoms with van der Waals surface area (Å²) in [5.74, 6) is -0.832. The average molecular weight is 490 g/mol. The number of phenolic OH excluding ortho intramolecular Hbond substituents is 1. The van der Waals surface area contributed by atoms with Crippen LogP contribution in [0.4, 0.5) is 4.79 Å². The number of benzene rings is 1. The van der Waals surface area contributed by atoms with Crippen LogP contribution in [-0.2, 0) is 14.3 Å². The second-order valence-electron chi connectivity index (χ2n) is 11.0. The third-order valence-electron chi connectivity index (χ3n) is 6.55. The molecule has 2 rings (SSSR count). The topological polar surface area (TPSA) is 108 Å². The van der Waals surface area contributed by atoms with Crippen LogP contribution in [0, 0.1) is 0 Å². The number of para-hydroxylation sites is 1. The number of aromatic hydroxyl groups is 1. The van der Waals surface area contributed by atoms with Crippen LogP contribution >= 0.6 is 0 Å². The first-order valence-corrected chi connectivity index (χ1v) is 12.7. The molecule has 0 aromatic heterocycles. The number of rotatable bonds is 8. The Morgan fingerprint density at radius 3 is 2.23 bits per heavy atom. The first-order valence-electron chi connectivity index (χ1n) is 12.7. The summed E-state index contributed by atoms with van der Waals surface area (Å²) < 4.78 is 5.32. The van der Waals surface area contributed by atoms with Crippen LogP contribution in [0.5, 0.6) is 5.75 Å². The van der Waals surface area contributed by atoms with E-state index in [1.807, 2.05) is 20.8 Å². The smallest absolute Gasteiger partial charge is 0.408 e. The molecule has 8 nitrogen and oxygen atoms in total. The third-order valence-corrected chi connectivity index (χ3v) is 6.55. The van der Waals surface area contributed by atoms with E-state index in [4.69, 9.17) is 4.74 Å². The van der Waals surface area contributed by atoms with Gasteiger partial charge in [-0.1, -0.05) is 44.4 Å². The van der Waals surface area contributed by atoms with Crippen LogP contribution in [0.15, 0.2) is 24.3 Å². The minimum atomic E-state index is -1.07. The number of nitrogens with zero attached hydrogens (tertiary/aromatic N) is 1. The molecule has 3 N–H and O–H groups in total. The summed E-state index contributed by atoms with van der Waals surface area (Å²) in [5.41, 5.74) is -1.12. The summed E-state index contributed by atoms with van der Waals surface area (Å²) >= 11 is 0. The Bertz CT molecular complexity index is 887. The zero-order chi connectivity index (χ0) is 26.4. The van der Waals surface area contributed by atoms with Crippen molar-refractivity contribution in [2.24, 2.45) is 0 Å². The van der Waals surface area contributed by atoms with Gasteiger partial charge >= 0.3 is 6.09 Å². The van der Waals surface area contributed by atoms with Crippen LogP contribution in [0.3, 0.4) is 0 Å². The van der Waals surface area contributed by atoms with E-state index in [1.165, 1.54) is 11.0 Å². The first kappa shape index (κ1) is 28.5. The fourth-order valence-corrected chi connectivity index (χ4v) is 4.34. The highest BCUT2D eigenvalue weighted by Gasteiger charge is 2.43. The highest BCUT2D eigenvalue weighted by atomic mass is 16.6. The van der Waals surface area contributed by atoms with Crippen molar-refractivity contribution in [3.63, 3.8) is 0 Å². The number of carbonyl (C=O) groups is 3. The molecule has 1 fully saturated rings. The van der Waals surface area contributed by atoms with Crippen molar-refractivity contribution in [2.75, 3.05) is 0 Å². The van der Waals surface area contributed by atoms with Crippen molar-refractivity contribution in [3.05, 3.63) is 29.8 Å². The molecule has 1 aliphatic carbocycles. The van der Waals surface area contributed by atoms with Crippen LogP contribution in [0.25, 0.3) is 0 Å². The predicted octanol–water partition coefficient (Wildman–Crippen LogP) is 4.81. The van der Waals surface area contributed by atoms with E-state index in [0.29, 0.717) is 12.0 Å². The van der Waals surface area contributed by atoms with E-state index in [-0.39, 0.29) is 17.7 Å². The van der Waals surface area contributed by atoms with Gasteiger partial charge in [0.15, 0.2) is 0 Å². The Balaban J connectivity index is 2.46. The zero-order valence-corrected chi connectivity index (χ0v) is 22.3. The van der Waals surface area contributed by atoms with Crippen molar-refractivity contribution in [1.82, 2.24) is 15.5 Å². The van der Waals surface area contributed by atoms with Gasteiger partial charge in [-0.2, -0.15) is 0 Å². The monoisotopic (exact) mass is 489 g/mol. The van der Waals surface area contributed by atoms with E-state index in [1.54, 1.807) is 45.9 Å². The minimum Gasteiger partial charge on any atom is -0.508 e. The Kier molecular flexibility index (Phi) is 9.58. The summed E-state index contributed by atoms with van der Waals surface area (Å²) in [6, 6.07) is 4.61. The molecule has 2 unspecified atom stereocenters. The fraction of sp³-hybridized carbons (Fsp3) is 0.667. The quantitative estimate of drug-likeness (QED) is 0.486. The highest BCUT2D eigenvalue weighted by Crippen LogP contribution is 2.36. The number of alkyl carbamates (subject to hydrolysis) is 1. The molecule has 8 heteroatoms. The van der Waals surface area contributed by atoms with Gasteiger partial charge in [-0.25, -0.2) is 4.79 Å². The Hall–Kier alpha value is -2.77. The molecule has 196 valence electrons. The van der Waals surface area contributed by atoms with Gasteiger partial charge in [0, 0.05) is 17.1 Å². The van der Waals surface area contributed by atoms with Crippen LogP contribution in [0.1, 0.15) is 98.6 Å². The second-order valence-corrected chi connectivity index (χ2v) is 11.0. The molecule has 2 atom stereocenters. The molecule has 0 radical (unpaired) electrons. The van der Waals surface area contributed by atoms with Crippen LogP contribution in [0.2, 0.25) is 0 Å². The van der Waals surface area contributed by atoms with Crippen molar-refractivity contribution in [2.45, 2.75) is 116 Å². The summed E-state index contributed by atoms with van der Waals surface area (Å²) in [7, 11) is 0. The maximum atomic E-state index is 13.9. The van der Waals surface area contributed by atoms with E-state index < -0.39 is 35.2 Å². The lowest BCUT2D eigenvalue weighted by Gasteiger charge is -2.44. The summed E-state index contributed by atoms with van der Waals surface area (Å²) in [4.78, 5) is 41.5. The van der Waals surface area contributed by atoms with Crippen molar-refractivity contribution < 1.29 is 24.2 Å². The minimum absolute atomic E-state index is 0.0311. The van der Waals surface area contributed by atoms with Crippen LogP contribution < -0.4 is 10.6 Å². The number of hydrogen-bond acceptors (Lipinski definition) is 5. The molecule has 0 heterocycles. The standard InChI is InChI=1S/C27H43N3O5/c1-8-27(6,7)30(24(33)18(2)28-25(34)35-26(3,4)5)22(20-16-12-13-17-21(20)31)23(32)29-19-14-10-9-11-15-19/h12-13,16-19,22,31H,8-11,14-15H2,1-7H3,(H,28,34)(H,29,32). The van der Waals surface area contributed by atoms with Gasteiger partial charge in [0.05, 0.1) is 0 Å². The molecule has 1 aliphatic rings. The molecule has 0 spiro atoms. The molecule has 0 bridgehead atoms. The van der Waals surface area contributed by atoms with Gasteiger partial charge < -0.3 is 25.4 Å². The van der Waals surface area contributed by atoms with Crippen molar-refractivity contribution in [1.29, 1.82) is 0 Å². The van der Waals surface area contributed by atoms with E-state index in [9.17, 15) is 19.5 Å². The summed E-state index contributed by atoms with van der Waals surface area (Å²) in [6.07, 6.45) is 4.87. The lowest BCUT2D eigenvalue weighted by Crippen LogP contribution is -2.59. The summed E-state index contributed by atoms with van der Waals surface area (Å²) in [5, 5.41) is 16.4. The highest BCUT2D eigenvalue weighted by molar-refractivity contribution is 5.93. The zero-order valence-electron chi connectivity index (χ0n) is 22.3. The van der Waals surface area contributed by atoms with Crippen LogP contribution in [-0.4, -0.2) is 51.1 Å². The maximum absolute atomic E-state index is 13.9. The van der Waals surface area contributed by atoms with Gasteiger partial charge in [0.25, 0.3) is 0 Å². The molecule has 1 aromatic carbocycles. The Labute approximate surface area is 209 Å². The number of carbonyl (C=O) groups excluding carboxylic acids is 3. The van der Waals surface area contributed by atoms with Gasteiger partial charge in [0.1, 0.15) is 23.4 Å². The average Bonchev–Trinajstić information content (AvgIpc) is 2.76. The van der Waals surface area contributed by atoms with Gasteiger partial charge in [-0.05, 0) is 66.9 Å². The molecular weight excluding hydrogens is 446 g/mol. The predicted molar refractivity (Wildman–Crippen MR) is 136 cm³/mol. The number of nitrogens with one attached hydrogen (secondary N) is 2. The van der Waals surface area contributed by atoms with Gasteiger partial charge in [0.2, 0.25) is 11.8 Å². The molecule has 3 amide bonds. The van der Waals surface area contributed by atoms with Gasteiger partial charge in [-0.15, -0.1) is 0 Å². The third kappa shape index (κ3) is 7.87. The lowest BCUT2D eigenvalue weighted by atomic mass is 9.90. The normalized spacial score (nSPS) is 16.7. The molecule has 1 aromatic rings. The Morgan fingerprint density at radius 2 is 1.69 bits per heavy atom. The molecule has 0 aliphatic heterocycles. The molecule has 0 saturated heterocycles. The Morgan fingerprint density at radius 1 is 1.09 bits per heavy atom. The fourth-order valence-electron chi connectivity index (χ4n) is 4.34. The van der Waals surface area contributed by atoms with E-state index in [0.717, 1.165) is 32.1 Å². The number of phenols is 1.